The molecule has 1 unspecified atom stereocenters. The maximum Gasteiger partial charge on any atom is 0.433 e. The predicted molar refractivity (Wildman–Crippen MR) is 82.2 cm³/mol. The second-order valence-corrected chi connectivity index (χ2v) is 4.74. The quantitative estimate of drug-likeness (QED) is 0.582. The van der Waals surface area contributed by atoms with Crippen LogP contribution in [0.3, 0.4) is 0 Å². The van der Waals surface area contributed by atoms with E-state index in [1.54, 1.807) is 18.2 Å². The van der Waals surface area contributed by atoms with Crippen LogP contribution in [0.15, 0.2) is 34.7 Å². The highest BCUT2D eigenvalue weighted by Crippen LogP contribution is 2.29. The Morgan fingerprint density at radius 3 is 2.58 bits per heavy atom. The minimum absolute atomic E-state index is 0.108. The number of methoxy groups -OCH3 is 2. The first kappa shape index (κ1) is 17.3. The van der Waals surface area contributed by atoms with E-state index in [0.717, 1.165) is 6.07 Å². The molecule has 1 aromatic heterocycles. The minimum atomic E-state index is -1.00. The van der Waals surface area contributed by atoms with Crippen molar-refractivity contribution in [3.8, 4) is 11.5 Å². The van der Waals surface area contributed by atoms with Crippen LogP contribution in [0, 0.1) is 10.1 Å². The summed E-state index contributed by atoms with van der Waals surface area (Å²) in [5, 5.41) is 23.1. The standard InChI is InChI=1S/C15H16N2O7/c1-22-11-4-3-9(7-13(11)23-2)10(18)8-16-15(19)12-5-6-14(24-12)17(20)21/h3-7,10,18H,8H2,1-2H3,(H,16,19). The number of carbonyl (C=O) groups excluding carboxylic acids is 1. The summed E-state index contributed by atoms with van der Waals surface area (Å²) in [4.78, 5) is 21.6. The molecular formula is C15H16N2O7. The van der Waals surface area contributed by atoms with Crippen LogP contribution in [-0.4, -0.2) is 36.7 Å². The van der Waals surface area contributed by atoms with Crippen LogP contribution in [0.1, 0.15) is 22.2 Å². The van der Waals surface area contributed by atoms with Crippen molar-refractivity contribution in [3.05, 3.63) is 51.8 Å². The number of rotatable bonds is 7. The van der Waals surface area contributed by atoms with Gasteiger partial charge >= 0.3 is 5.88 Å². The molecule has 1 aromatic carbocycles. The fraction of sp³-hybridized carbons (Fsp3) is 0.267. The lowest BCUT2D eigenvalue weighted by molar-refractivity contribution is -0.402. The number of aliphatic hydroxyl groups is 1. The van der Waals surface area contributed by atoms with Gasteiger partial charge in [-0.1, -0.05) is 6.07 Å². The summed E-state index contributed by atoms with van der Waals surface area (Å²) in [5.41, 5.74) is 0.512. The van der Waals surface area contributed by atoms with Crippen LogP contribution >= 0.6 is 0 Å². The number of hydrogen-bond donors (Lipinski definition) is 2. The van der Waals surface area contributed by atoms with E-state index in [-0.39, 0.29) is 12.3 Å². The summed E-state index contributed by atoms with van der Waals surface area (Å²) >= 11 is 0. The van der Waals surface area contributed by atoms with E-state index in [9.17, 15) is 20.0 Å². The SMILES string of the molecule is COc1ccc(C(O)CNC(=O)c2ccc([N+](=O)[O-])o2)cc1OC. The predicted octanol–water partition coefficient (Wildman–Crippen LogP) is 1.67. The monoisotopic (exact) mass is 336 g/mol. The highest BCUT2D eigenvalue weighted by molar-refractivity contribution is 5.91. The van der Waals surface area contributed by atoms with Crippen molar-refractivity contribution in [2.24, 2.45) is 0 Å². The first-order valence-corrected chi connectivity index (χ1v) is 6.88. The second-order valence-electron chi connectivity index (χ2n) is 4.74. The Balaban J connectivity index is 2.00. The molecule has 0 aliphatic rings. The van der Waals surface area contributed by atoms with Crippen LogP contribution in [0.25, 0.3) is 0 Å². The van der Waals surface area contributed by atoms with Gasteiger partial charge in [0.15, 0.2) is 17.3 Å². The zero-order valence-electron chi connectivity index (χ0n) is 13.0. The Labute approximate surface area is 136 Å². The normalized spacial score (nSPS) is 11.6. The molecule has 0 saturated heterocycles. The van der Waals surface area contributed by atoms with Gasteiger partial charge in [0, 0.05) is 6.54 Å². The first-order chi connectivity index (χ1) is 11.5. The fourth-order valence-electron chi connectivity index (χ4n) is 2.00. The number of aliphatic hydroxyl groups excluding tert-OH is 1. The van der Waals surface area contributed by atoms with E-state index in [4.69, 9.17) is 13.9 Å². The van der Waals surface area contributed by atoms with Crippen molar-refractivity contribution >= 4 is 11.8 Å². The Morgan fingerprint density at radius 1 is 1.29 bits per heavy atom. The van der Waals surface area contributed by atoms with E-state index in [0.29, 0.717) is 17.1 Å². The van der Waals surface area contributed by atoms with Gasteiger partial charge in [0.1, 0.15) is 4.92 Å². The minimum Gasteiger partial charge on any atom is -0.493 e. The maximum atomic E-state index is 11.9. The Bertz CT molecular complexity index is 741. The van der Waals surface area contributed by atoms with Gasteiger partial charge < -0.3 is 24.3 Å². The molecule has 1 amide bonds. The van der Waals surface area contributed by atoms with E-state index in [1.165, 1.54) is 20.3 Å². The van der Waals surface area contributed by atoms with E-state index in [2.05, 4.69) is 5.32 Å². The molecule has 0 bridgehead atoms. The van der Waals surface area contributed by atoms with E-state index < -0.39 is 22.8 Å². The van der Waals surface area contributed by atoms with Crippen molar-refractivity contribution in [1.82, 2.24) is 5.32 Å². The largest absolute Gasteiger partial charge is 0.493 e. The average Bonchev–Trinajstić information content (AvgIpc) is 3.09. The summed E-state index contributed by atoms with van der Waals surface area (Å²) in [6.45, 7) is -0.108. The van der Waals surface area contributed by atoms with E-state index >= 15 is 0 Å². The van der Waals surface area contributed by atoms with Crippen LogP contribution in [0.4, 0.5) is 5.88 Å². The molecule has 9 nitrogen and oxygen atoms in total. The van der Waals surface area contributed by atoms with Crippen LogP contribution in [0.5, 0.6) is 11.5 Å². The lowest BCUT2D eigenvalue weighted by Gasteiger charge is -2.14. The third-order valence-corrected chi connectivity index (χ3v) is 3.24. The number of carbonyl (C=O) groups is 1. The number of furan rings is 1. The smallest absolute Gasteiger partial charge is 0.433 e. The highest BCUT2D eigenvalue weighted by Gasteiger charge is 2.18. The van der Waals surface area contributed by atoms with Crippen LogP contribution in [0.2, 0.25) is 0 Å². The van der Waals surface area contributed by atoms with Gasteiger partial charge in [-0.3, -0.25) is 14.9 Å². The first-order valence-electron chi connectivity index (χ1n) is 6.88. The van der Waals surface area contributed by atoms with Gasteiger partial charge in [0.05, 0.1) is 26.4 Å². The Morgan fingerprint density at radius 2 is 2.00 bits per heavy atom. The summed E-state index contributed by atoms with van der Waals surface area (Å²) in [6, 6.07) is 7.13. The van der Waals surface area contributed by atoms with Crippen molar-refractivity contribution in [3.63, 3.8) is 0 Å². The molecule has 128 valence electrons. The maximum absolute atomic E-state index is 11.9. The molecule has 0 aliphatic heterocycles. The third-order valence-electron chi connectivity index (χ3n) is 3.24. The highest BCUT2D eigenvalue weighted by atomic mass is 16.6. The van der Waals surface area contributed by atoms with Gasteiger partial charge in [0.2, 0.25) is 0 Å². The molecule has 2 aromatic rings. The van der Waals surface area contributed by atoms with Crippen LogP contribution in [-0.2, 0) is 0 Å². The number of nitrogens with zero attached hydrogens (tertiary/aromatic N) is 1. The lowest BCUT2D eigenvalue weighted by Crippen LogP contribution is -2.28. The Kier molecular flexibility index (Phi) is 5.38. The number of hydrogen-bond acceptors (Lipinski definition) is 7. The second kappa shape index (κ2) is 7.47. The molecule has 2 N–H and O–H groups in total. The molecular weight excluding hydrogens is 320 g/mol. The summed E-state index contributed by atoms with van der Waals surface area (Å²) in [6.07, 6.45) is -1.00. The lowest BCUT2D eigenvalue weighted by atomic mass is 10.1. The van der Waals surface area contributed by atoms with Gasteiger partial charge in [-0.2, -0.15) is 0 Å². The van der Waals surface area contributed by atoms with Crippen molar-refractivity contribution in [1.29, 1.82) is 0 Å². The zero-order valence-corrected chi connectivity index (χ0v) is 13.0. The number of ether oxygens (including phenoxy) is 2. The van der Waals surface area contributed by atoms with Crippen LogP contribution < -0.4 is 14.8 Å². The van der Waals surface area contributed by atoms with Crippen molar-refractivity contribution in [2.45, 2.75) is 6.10 Å². The van der Waals surface area contributed by atoms with Crippen molar-refractivity contribution < 1.29 is 28.7 Å². The number of benzene rings is 1. The average molecular weight is 336 g/mol. The van der Waals surface area contributed by atoms with Gasteiger partial charge in [-0.25, -0.2) is 0 Å². The molecule has 1 atom stereocenters. The van der Waals surface area contributed by atoms with Gasteiger partial charge in [0.25, 0.3) is 5.91 Å². The number of nitrogens with one attached hydrogen (secondary N) is 1. The summed E-state index contributed by atoms with van der Waals surface area (Å²) in [5.74, 6) is -0.438. The number of nitro groups is 1. The van der Waals surface area contributed by atoms with Gasteiger partial charge in [-0.05, 0) is 23.8 Å². The zero-order chi connectivity index (χ0) is 17.7. The molecule has 1 heterocycles. The topological polar surface area (TPSA) is 124 Å². The molecule has 0 radical (unpaired) electrons. The Hall–Kier alpha value is -3.07. The van der Waals surface area contributed by atoms with E-state index in [1.807, 2.05) is 0 Å². The summed E-state index contributed by atoms with van der Waals surface area (Å²) < 4.78 is 15.0. The molecule has 9 heteroatoms. The molecule has 0 saturated carbocycles. The molecule has 0 fully saturated rings. The number of amides is 1. The molecule has 2 rings (SSSR count). The molecule has 0 spiro atoms. The van der Waals surface area contributed by atoms with Crippen molar-refractivity contribution in [2.75, 3.05) is 20.8 Å². The molecule has 24 heavy (non-hydrogen) atoms. The fourth-order valence-corrected chi connectivity index (χ4v) is 2.00. The third kappa shape index (κ3) is 3.82. The summed E-state index contributed by atoms with van der Waals surface area (Å²) in [7, 11) is 2.97. The molecule has 0 aliphatic carbocycles. The van der Waals surface area contributed by atoms with Gasteiger partial charge in [-0.15, -0.1) is 0 Å².